The lowest BCUT2D eigenvalue weighted by molar-refractivity contribution is 0.0924. The maximum atomic E-state index is 13.6. The van der Waals surface area contributed by atoms with E-state index in [1.165, 1.54) is 6.07 Å². The summed E-state index contributed by atoms with van der Waals surface area (Å²) < 4.78 is 19.1. The summed E-state index contributed by atoms with van der Waals surface area (Å²) in [6.07, 6.45) is 0.705. The minimum absolute atomic E-state index is 0.105. The Labute approximate surface area is 122 Å². The van der Waals surface area contributed by atoms with Crippen molar-refractivity contribution in [3.8, 4) is 5.75 Å². The highest BCUT2D eigenvalue weighted by Gasteiger charge is 2.23. The van der Waals surface area contributed by atoms with Crippen molar-refractivity contribution in [2.45, 2.75) is 19.4 Å². The van der Waals surface area contributed by atoms with E-state index in [-0.39, 0.29) is 17.8 Å². The van der Waals surface area contributed by atoms with Gasteiger partial charge in [-0.05, 0) is 30.7 Å². The number of carbonyl (C=O) groups is 1. The molecule has 108 valence electrons. The van der Waals surface area contributed by atoms with Crippen molar-refractivity contribution in [2.75, 3.05) is 6.61 Å². The molecule has 1 amide bonds. The molecule has 1 atom stereocenters. The van der Waals surface area contributed by atoms with E-state index >= 15 is 0 Å². The lowest BCUT2D eigenvalue weighted by atomic mass is 10.00. The van der Waals surface area contributed by atoms with Crippen LogP contribution >= 0.6 is 0 Å². The summed E-state index contributed by atoms with van der Waals surface area (Å²) in [5.74, 6) is 0.162. The smallest absolute Gasteiger partial charge is 0.251 e. The number of aryl methyl sites for hydroxylation is 1. The molecule has 21 heavy (non-hydrogen) atoms. The molecule has 3 nitrogen and oxygen atoms in total. The Morgan fingerprint density at radius 3 is 2.90 bits per heavy atom. The van der Waals surface area contributed by atoms with Gasteiger partial charge in [0.2, 0.25) is 0 Å². The van der Waals surface area contributed by atoms with Crippen LogP contribution < -0.4 is 10.1 Å². The van der Waals surface area contributed by atoms with Gasteiger partial charge in [-0.3, -0.25) is 4.79 Å². The molecular formula is C17H16FNO2. The second-order valence-corrected chi connectivity index (χ2v) is 5.16. The third-order valence-electron chi connectivity index (χ3n) is 3.70. The molecule has 1 N–H and O–H groups in total. The van der Waals surface area contributed by atoms with Gasteiger partial charge >= 0.3 is 0 Å². The first-order chi connectivity index (χ1) is 10.1. The molecule has 0 aliphatic carbocycles. The van der Waals surface area contributed by atoms with E-state index in [4.69, 9.17) is 4.74 Å². The van der Waals surface area contributed by atoms with Crippen molar-refractivity contribution in [3.63, 3.8) is 0 Å². The van der Waals surface area contributed by atoms with Crippen LogP contribution in [0.4, 0.5) is 4.39 Å². The highest BCUT2D eigenvalue weighted by Crippen LogP contribution is 2.31. The van der Waals surface area contributed by atoms with Gasteiger partial charge in [0, 0.05) is 17.5 Å². The zero-order chi connectivity index (χ0) is 14.8. The van der Waals surface area contributed by atoms with Gasteiger partial charge in [0.1, 0.15) is 11.6 Å². The molecule has 2 aromatic rings. The van der Waals surface area contributed by atoms with Crippen LogP contribution in [-0.2, 0) is 0 Å². The van der Waals surface area contributed by atoms with E-state index in [0.29, 0.717) is 24.2 Å². The number of amides is 1. The zero-order valence-corrected chi connectivity index (χ0v) is 11.7. The second-order valence-electron chi connectivity index (χ2n) is 5.16. The number of rotatable bonds is 2. The van der Waals surface area contributed by atoms with Gasteiger partial charge in [-0.1, -0.05) is 24.3 Å². The van der Waals surface area contributed by atoms with E-state index in [9.17, 15) is 9.18 Å². The standard InChI is InChI=1S/C17H16FNO2/c1-11-6-7-12(10-14(11)18)17(20)19-15-8-9-21-16-5-3-2-4-13(15)16/h2-7,10,15H,8-9H2,1H3,(H,19,20)/t15-/m1/s1. The summed E-state index contributed by atoms with van der Waals surface area (Å²) in [6, 6.07) is 12.1. The maximum Gasteiger partial charge on any atom is 0.251 e. The lowest BCUT2D eigenvalue weighted by Crippen LogP contribution is -2.32. The molecule has 0 spiro atoms. The van der Waals surface area contributed by atoms with Crippen molar-refractivity contribution in [1.82, 2.24) is 5.32 Å². The number of nitrogens with one attached hydrogen (secondary N) is 1. The number of halogens is 1. The number of fused-ring (bicyclic) bond motifs is 1. The van der Waals surface area contributed by atoms with Crippen LogP contribution in [-0.4, -0.2) is 12.5 Å². The average Bonchev–Trinajstić information content (AvgIpc) is 2.50. The highest BCUT2D eigenvalue weighted by molar-refractivity contribution is 5.94. The first-order valence-corrected chi connectivity index (χ1v) is 6.94. The quantitative estimate of drug-likeness (QED) is 0.918. The van der Waals surface area contributed by atoms with Crippen LogP contribution in [0.15, 0.2) is 42.5 Å². The van der Waals surface area contributed by atoms with Crippen LogP contribution in [0.2, 0.25) is 0 Å². The Kier molecular flexibility index (Phi) is 3.60. The van der Waals surface area contributed by atoms with Crippen LogP contribution in [0.25, 0.3) is 0 Å². The molecule has 0 saturated carbocycles. The van der Waals surface area contributed by atoms with Crippen molar-refractivity contribution in [1.29, 1.82) is 0 Å². The molecule has 0 bridgehead atoms. The fraction of sp³-hybridized carbons (Fsp3) is 0.235. The van der Waals surface area contributed by atoms with Crippen LogP contribution in [0, 0.1) is 12.7 Å². The fourth-order valence-corrected chi connectivity index (χ4v) is 2.47. The number of hydrogen-bond donors (Lipinski definition) is 1. The summed E-state index contributed by atoms with van der Waals surface area (Å²) in [5.41, 5.74) is 1.83. The normalized spacial score (nSPS) is 16.8. The summed E-state index contributed by atoms with van der Waals surface area (Å²) in [6.45, 7) is 2.23. The van der Waals surface area contributed by atoms with Crippen molar-refractivity contribution in [3.05, 3.63) is 65.0 Å². The fourth-order valence-electron chi connectivity index (χ4n) is 2.47. The number of para-hydroxylation sites is 1. The molecule has 1 aliphatic heterocycles. The van der Waals surface area contributed by atoms with E-state index in [1.54, 1.807) is 19.1 Å². The third kappa shape index (κ3) is 2.75. The molecule has 0 unspecified atom stereocenters. The molecule has 4 heteroatoms. The summed E-state index contributed by atoms with van der Waals surface area (Å²) >= 11 is 0. The van der Waals surface area contributed by atoms with Crippen molar-refractivity contribution < 1.29 is 13.9 Å². The molecule has 0 saturated heterocycles. The van der Waals surface area contributed by atoms with Crippen molar-refractivity contribution in [2.24, 2.45) is 0 Å². The Bertz CT molecular complexity index is 684. The first-order valence-electron chi connectivity index (χ1n) is 6.94. The Balaban J connectivity index is 1.81. The van der Waals surface area contributed by atoms with Crippen LogP contribution in [0.1, 0.15) is 33.9 Å². The molecule has 1 heterocycles. The average molecular weight is 285 g/mol. The summed E-state index contributed by atoms with van der Waals surface area (Å²) in [7, 11) is 0. The lowest BCUT2D eigenvalue weighted by Gasteiger charge is -2.26. The first kappa shape index (κ1) is 13.6. The number of ether oxygens (including phenoxy) is 1. The maximum absolute atomic E-state index is 13.6. The topological polar surface area (TPSA) is 38.3 Å². The minimum Gasteiger partial charge on any atom is -0.493 e. The molecule has 1 aliphatic rings. The number of hydrogen-bond acceptors (Lipinski definition) is 2. The Morgan fingerprint density at radius 2 is 2.10 bits per heavy atom. The number of carbonyl (C=O) groups excluding carboxylic acids is 1. The van der Waals surface area contributed by atoms with Gasteiger partial charge in [-0.25, -0.2) is 4.39 Å². The van der Waals surface area contributed by atoms with E-state index in [2.05, 4.69) is 5.32 Å². The van der Waals surface area contributed by atoms with Gasteiger partial charge in [-0.2, -0.15) is 0 Å². The van der Waals surface area contributed by atoms with Gasteiger partial charge in [-0.15, -0.1) is 0 Å². The second kappa shape index (κ2) is 5.56. The van der Waals surface area contributed by atoms with Gasteiger partial charge < -0.3 is 10.1 Å². The Hall–Kier alpha value is -2.36. The van der Waals surface area contributed by atoms with E-state index in [0.717, 1.165) is 11.3 Å². The van der Waals surface area contributed by atoms with E-state index < -0.39 is 0 Å². The third-order valence-corrected chi connectivity index (χ3v) is 3.70. The Morgan fingerprint density at radius 1 is 1.29 bits per heavy atom. The molecule has 2 aromatic carbocycles. The molecular weight excluding hydrogens is 269 g/mol. The largest absolute Gasteiger partial charge is 0.493 e. The predicted molar refractivity (Wildman–Crippen MR) is 77.9 cm³/mol. The molecule has 0 radical (unpaired) electrons. The zero-order valence-electron chi connectivity index (χ0n) is 11.7. The van der Waals surface area contributed by atoms with Crippen LogP contribution in [0.3, 0.4) is 0 Å². The minimum atomic E-state index is -0.366. The van der Waals surface area contributed by atoms with E-state index in [1.807, 2.05) is 24.3 Å². The monoisotopic (exact) mass is 285 g/mol. The summed E-state index contributed by atoms with van der Waals surface area (Å²) in [4.78, 5) is 12.3. The van der Waals surface area contributed by atoms with Gasteiger partial charge in [0.05, 0.1) is 12.6 Å². The summed E-state index contributed by atoms with van der Waals surface area (Å²) in [5, 5.41) is 2.95. The molecule has 0 fully saturated rings. The molecule has 3 rings (SSSR count). The van der Waals surface area contributed by atoms with Gasteiger partial charge in [0.15, 0.2) is 0 Å². The SMILES string of the molecule is Cc1ccc(C(=O)N[C@@H]2CCOc3ccccc32)cc1F. The number of benzene rings is 2. The predicted octanol–water partition coefficient (Wildman–Crippen LogP) is 3.39. The van der Waals surface area contributed by atoms with Crippen molar-refractivity contribution >= 4 is 5.91 Å². The van der Waals surface area contributed by atoms with Gasteiger partial charge in [0.25, 0.3) is 5.91 Å². The molecule has 0 aromatic heterocycles. The van der Waals surface area contributed by atoms with Crippen LogP contribution in [0.5, 0.6) is 5.75 Å². The highest BCUT2D eigenvalue weighted by atomic mass is 19.1.